The number of hydrogen-bond donors (Lipinski definition) is 0. The number of anilines is 2. The van der Waals surface area contributed by atoms with Crippen molar-refractivity contribution >= 4 is 17.3 Å². The first-order chi connectivity index (χ1) is 8.77. The third-order valence-corrected chi connectivity index (χ3v) is 3.19. The van der Waals surface area contributed by atoms with Crippen LogP contribution in [0.2, 0.25) is 0 Å². The van der Waals surface area contributed by atoms with Crippen molar-refractivity contribution in [1.82, 2.24) is 4.90 Å². The summed E-state index contributed by atoms with van der Waals surface area (Å²) in [5, 5.41) is 0. The maximum absolute atomic E-state index is 12.1. The van der Waals surface area contributed by atoms with Crippen molar-refractivity contribution in [2.45, 2.75) is 0 Å². The summed E-state index contributed by atoms with van der Waals surface area (Å²) in [6.07, 6.45) is 0. The summed E-state index contributed by atoms with van der Waals surface area (Å²) in [6, 6.07) is 17.9. The van der Waals surface area contributed by atoms with Crippen LogP contribution in [-0.4, -0.2) is 24.5 Å². The lowest BCUT2D eigenvalue weighted by Crippen LogP contribution is -2.42. The maximum atomic E-state index is 12.1. The number of amides is 1. The van der Waals surface area contributed by atoms with Gasteiger partial charge in [0.15, 0.2) is 0 Å². The second-order valence-corrected chi connectivity index (χ2v) is 4.43. The van der Waals surface area contributed by atoms with Crippen molar-refractivity contribution < 1.29 is 4.79 Å². The molecule has 2 aromatic rings. The molecule has 0 saturated carbocycles. The highest BCUT2D eigenvalue weighted by atomic mass is 16.2. The summed E-state index contributed by atoms with van der Waals surface area (Å²) in [5.41, 5.74) is 2.84. The first-order valence-electron chi connectivity index (χ1n) is 5.94. The molecule has 1 aliphatic heterocycles. The Bertz CT molecular complexity index is 580. The number of nitrogens with zero attached hydrogens (tertiary/aromatic N) is 2. The fraction of sp³-hybridized carbons (Fsp3) is 0.133. The van der Waals surface area contributed by atoms with E-state index in [-0.39, 0.29) is 5.91 Å². The van der Waals surface area contributed by atoms with Crippen LogP contribution in [0, 0.1) is 0 Å². The van der Waals surface area contributed by atoms with Gasteiger partial charge in [-0.2, -0.15) is 0 Å². The fourth-order valence-corrected chi connectivity index (χ4v) is 2.28. The van der Waals surface area contributed by atoms with Crippen LogP contribution in [0.15, 0.2) is 54.6 Å². The van der Waals surface area contributed by atoms with Crippen molar-refractivity contribution in [2.24, 2.45) is 0 Å². The molecule has 0 fully saturated rings. The molecular weight excluding hydrogens is 224 g/mol. The van der Waals surface area contributed by atoms with E-state index in [1.54, 1.807) is 4.90 Å². The summed E-state index contributed by atoms with van der Waals surface area (Å²) < 4.78 is 0. The van der Waals surface area contributed by atoms with Gasteiger partial charge in [0.1, 0.15) is 0 Å². The smallest absolute Gasteiger partial charge is 0.257 e. The Labute approximate surface area is 106 Å². The molecule has 0 spiro atoms. The predicted octanol–water partition coefficient (Wildman–Crippen LogP) is 2.87. The zero-order chi connectivity index (χ0) is 12.5. The third-order valence-electron chi connectivity index (χ3n) is 3.19. The van der Waals surface area contributed by atoms with Crippen LogP contribution in [0.4, 0.5) is 11.4 Å². The van der Waals surface area contributed by atoms with Crippen molar-refractivity contribution in [3.63, 3.8) is 0 Å². The standard InChI is InChI=1S/C15H14N2O/c1-16-11-17(12-7-3-2-4-8-12)14-10-6-5-9-13(14)15(16)18/h2-10H,11H2,1H3. The number of fused-ring (bicyclic) bond motifs is 1. The topological polar surface area (TPSA) is 23.6 Å². The average molecular weight is 238 g/mol. The van der Waals surface area contributed by atoms with E-state index in [2.05, 4.69) is 17.0 Å². The molecule has 1 amide bonds. The zero-order valence-electron chi connectivity index (χ0n) is 10.2. The molecule has 1 aliphatic rings. The lowest BCUT2D eigenvalue weighted by molar-refractivity contribution is 0.0787. The summed E-state index contributed by atoms with van der Waals surface area (Å²) in [4.78, 5) is 16.0. The molecule has 3 nitrogen and oxygen atoms in total. The molecule has 0 atom stereocenters. The first kappa shape index (κ1) is 10.8. The highest BCUT2D eigenvalue weighted by Gasteiger charge is 2.26. The molecule has 0 radical (unpaired) electrons. The van der Waals surface area contributed by atoms with Gasteiger partial charge >= 0.3 is 0 Å². The van der Waals surface area contributed by atoms with E-state index in [0.717, 1.165) is 16.9 Å². The Morgan fingerprint density at radius 1 is 0.944 bits per heavy atom. The van der Waals surface area contributed by atoms with Crippen LogP contribution in [0.5, 0.6) is 0 Å². The van der Waals surface area contributed by atoms with E-state index in [4.69, 9.17) is 0 Å². The number of carbonyl (C=O) groups is 1. The number of carbonyl (C=O) groups excluding carboxylic acids is 1. The second kappa shape index (κ2) is 4.18. The summed E-state index contributed by atoms with van der Waals surface area (Å²) in [7, 11) is 1.83. The van der Waals surface area contributed by atoms with Gasteiger partial charge in [-0.25, -0.2) is 0 Å². The van der Waals surface area contributed by atoms with Crippen molar-refractivity contribution in [1.29, 1.82) is 0 Å². The molecule has 90 valence electrons. The Hall–Kier alpha value is -2.29. The van der Waals surface area contributed by atoms with Gasteiger partial charge in [0, 0.05) is 12.7 Å². The quantitative estimate of drug-likeness (QED) is 0.762. The third kappa shape index (κ3) is 1.64. The van der Waals surface area contributed by atoms with Crippen LogP contribution in [0.1, 0.15) is 10.4 Å². The Morgan fingerprint density at radius 3 is 2.39 bits per heavy atom. The van der Waals surface area contributed by atoms with Gasteiger partial charge in [-0.1, -0.05) is 30.3 Å². The predicted molar refractivity (Wildman–Crippen MR) is 72.0 cm³/mol. The largest absolute Gasteiger partial charge is 0.324 e. The monoisotopic (exact) mass is 238 g/mol. The minimum absolute atomic E-state index is 0.0813. The van der Waals surface area contributed by atoms with Gasteiger partial charge in [0.05, 0.1) is 17.9 Å². The normalized spacial score (nSPS) is 14.6. The number of benzene rings is 2. The molecule has 1 heterocycles. The summed E-state index contributed by atoms with van der Waals surface area (Å²) in [5.74, 6) is 0.0813. The molecule has 0 saturated heterocycles. The van der Waals surface area contributed by atoms with Gasteiger partial charge < -0.3 is 9.80 Å². The van der Waals surface area contributed by atoms with Crippen molar-refractivity contribution in [2.75, 3.05) is 18.6 Å². The van der Waals surface area contributed by atoms with E-state index in [1.165, 1.54) is 0 Å². The molecule has 3 rings (SSSR count). The number of para-hydroxylation sites is 2. The van der Waals surface area contributed by atoms with Crippen molar-refractivity contribution in [3.05, 3.63) is 60.2 Å². The van der Waals surface area contributed by atoms with E-state index in [0.29, 0.717) is 6.67 Å². The van der Waals surface area contributed by atoms with E-state index >= 15 is 0 Å². The highest BCUT2D eigenvalue weighted by Crippen LogP contribution is 2.32. The van der Waals surface area contributed by atoms with Gasteiger partial charge in [-0.05, 0) is 24.3 Å². The van der Waals surface area contributed by atoms with Crippen LogP contribution < -0.4 is 4.90 Å². The maximum Gasteiger partial charge on any atom is 0.257 e. The van der Waals surface area contributed by atoms with E-state index < -0.39 is 0 Å². The average Bonchev–Trinajstić information content (AvgIpc) is 2.44. The molecule has 0 bridgehead atoms. The number of rotatable bonds is 1. The minimum Gasteiger partial charge on any atom is -0.324 e. The van der Waals surface area contributed by atoms with Crippen LogP contribution >= 0.6 is 0 Å². The Kier molecular flexibility index (Phi) is 2.52. The molecule has 0 aliphatic carbocycles. The molecule has 18 heavy (non-hydrogen) atoms. The zero-order valence-corrected chi connectivity index (χ0v) is 10.2. The van der Waals surface area contributed by atoms with Gasteiger partial charge in [0.2, 0.25) is 0 Å². The van der Waals surface area contributed by atoms with Gasteiger partial charge in [-0.15, -0.1) is 0 Å². The molecule has 3 heteroatoms. The molecule has 0 unspecified atom stereocenters. The van der Waals surface area contributed by atoms with E-state index in [9.17, 15) is 4.79 Å². The molecule has 2 aromatic carbocycles. The SMILES string of the molecule is CN1CN(c2ccccc2)c2ccccc2C1=O. The van der Waals surface area contributed by atoms with Gasteiger partial charge in [-0.3, -0.25) is 4.79 Å². The Balaban J connectivity index is 2.13. The number of hydrogen-bond acceptors (Lipinski definition) is 2. The lowest BCUT2D eigenvalue weighted by atomic mass is 10.1. The van der Waals surface area contributed by atoms with Crippen molar-refractivity contribution in [3.8, 4) is 0 Å². The van der Waals surface area contributed by atoms with E-state index in [1.807, 2.05) is 49.5 Å². The summed E-state index contributed by atoms with van der Waals surface area (Å²) >= 11 is 0. The molecule has 0 N–H and O–H groups in total. The first-order valence-corrected chi connectivity index (χ1v) is 5.94. The lowest BCUT2D eigenvalue weighted by Gasteiger charge is -2.36. The van der Waals surface area contributed by atoms with Crippen LogP contribution in [-0.2, 0) is 0 Å². The molecular formula is C15H14N2O. The fourth-order valence-electron chi connectivity index (χ4n) is 2.28. The van der Waals surface area contributed by atoms with Crippen LogP contribution in [0.3, 0.4) is 0 Å². The van der Waals surface area contributed by atoms with Gasteiger partial charge in [0.25, 0.3) is 5.91 Å². The minimum atomic E-state index is 0.0813. The Morgan fingerprint density at radius 2 is 1.61 bits per heavy atom. The van der Waals surface area contributed by atoms with Crippen LogP contribution in [0.25, 0.3) is 0 Å². The molecule has 0 aromatic heterocycles. The second-order valence-electron chi connectivity index (χ2n) is 4.43. The summed E-state index contributed by atoms with van der Waals surface area (Å²) in [6.45, 7) is 0.583. The highest BCUT2D eigenvalue weighted by molar-refractivity contribution is 6.02.